The Hall–Kier alpha value is -2.48. The fourth-order valence-corrected chi connectivity index (χ4v) is 4.71. The van der Waals surface area contributed by atoms with Crippen LogP contribution in [0.3, 0.4) is 0 Å². The van der Waals surface area contributed by atoms with E-state index in [4.69, 9.17) is 10.5 Å². The van der Waals surface area contributed by atoms with E-state index in [-0.39, 0.29) is 36.8 Å². The highest BCUT2D eigenvalue weighted by Gasteiger charge is 2.40. The number of halogens is 2. The Labute approximate surface area is 206 Å². The summed E-state index contributed by atoms with van der Waals surface area (Å²) < 4.78 is 20.4. The lowest BCUT2D eigenvalue weighted by Crippen LogP contribution is -2.49. The molecule has 4 rings (SSSR count). The molecule has 2 aromatic carbocycles. The smallest absolute Gasteiger partial charge is 0.328 e. The molecule has 6 nitrogen and oxygen atoms in total. The average Bonchev–Trinajstić information content (AvgIpc) is 3.16. The van der Waals surface area contributed by atoms with Crippen LogP contribution < -0.4 is 10.5 Å². The number of esters is 1. The van der Waals surface area contributed by atoms with Crippen molar-refractivity contribution in [3.05, 3.63) is 65.2 Å². The minimum absolute atomic E-state index is 0. The summed E-state index contributed by atoms with van der Waals surface area (Å²) in [5.41, 5.74) is 8.71. The van der Waals surface area contributed by atoms with Crippen molar-refractivity contribution in [3.8, 4) is 5.75 Å². The molecule has 0 aromatic heterocycles. The standard InChI is InChI=1S/C26H32FN3O3.ClH/c1-17-3-5-19(6-4-17)15-30-14-12-24(25(30)31)29-13-11-22(23(27)16-29)20-7-9-21(10-8-20)33-26(32)18(2)28;/h3-10,18,22-24H,11-16,28H2,1-2H3;1H/t18?,22-,23+,24?;/m0./s1. The van der Waals surface area contributed by atoms with Gasteiger partial charge in [0, 0.05) is 25.6 Å². The number of hydrogen-bond donors (Lipinski definition) is 1. The number of aryl methyl sites for hydroxylation is 1. The van der Waals surface area contributed by atoms with Gasteiger partial charge in [0.15, 0.2) is 0 Å². The molecule has 0 aliphatic carbocycles. The number of carbonyl (C=O) groups excluding carboxylic acids is 2. The first kappa shape index (κ1) is 26.1. The zero-order valence-electron chi connectivity index (χ0n) is 19.7. The van der Waals surface area contributed by atoms with E-state index < -0.39 is 18.2 Å². The van der Waals surface area contributed by atoms with Crippen LogP contribution in [0.2, 0.25) is 0 Å². The molecule has 2 fully saturated rings. The molecule has 4 atom stereocenters. The van der Waals surface area contributed by atoms with Crippen LogP contribution in [-0.2, 0) is 16.1 Å². The molecule has 2 aromatic rings. The first-order valence-electron chi connectivity index (χ1n) is 11.6. The molecule has 2 aliphatic heterocycles. The molecule has 8 heteroatoms. The van der Waals surface area contributed by atoms with Gasteiger partial charge in [-0.15, -0.1) is 12.4 Å². The van der Waals surface area contributed by atoms with Crippen LogP contribution in [-0.4, -0.2) is 59.6 Å². The van der Waals surface area contributed by atoms with E-state index in [1.54, 1.807) is 31.2 Å². The number of nitrogens with two attached hydrogens (primary N) is 1. The maximum Gasteiger partial charge on any atom is 0.328 e. The highest BCUT2D eigenvalue weighted by molar-refractivity contribution is 5.85. The predicted octanol–water partition coefficient (Wildman–Crippen LogP) is 3.60. The number of hydrogen-bond acceptors (Lipinski definition) is 5. The third-order valence-electron chi connectivity index (χ3n) is 6.68. The lowest BCUT2D eigenvalue weighted by Gasteiger charge is -2.37. The van der Waals surface area contributed by atoms with E-state index in [0.717, 1.165) is 17.5 Å². The third-order valence-corrected chi connectivity index (χ3v) is 6.68. The van der Waals surface area contributed by atoms with Gasteiger partial charge in [0.2, 0.25) is 5.91 Å². The molecule has 0 saturated carbocycles. The summed E-state index contributed by atoms with van der Waals surface area (Å²) in [5, 5.41) is 0. The molecule has 2 aliphatic rings. The first-order chi connectivity index (χ1) is 15.8. The van der Waals surface area contributed by atoms with Gasteiger partial charge < -0.3 is 15.4 Å². The number of carbonyl (C=O) groups is 2. The summed E-state index contributed by atoms with van der Waals surface area (Å²) in [6, 6.07) is 14.3. The Morgan fingerprint density at radius 2 is 1.79 bits per heavy atom. The summed E-state index contributed by atoms with van der Waals surface area (Å²) in [4.78, 5) is 28.6. The maximum absolute atomic E-state index is 15.2. The van der Waals surface area contributed by atoms with E-state index in [9.17, 15) is 9.59 Å². The molecule has 2 saturated heterocycles. The van der Waals surface area contributed by atoms with Crippen LogP contribution in [0.4, 0.5) is 4.39 Å². The lowest BCUT2D eigenvalue weighted by molar-refractivity contribution is -0.135. The van der Waals surface area contributed by atoms with Crippen molar-refractivity contribution in [2.45, 2.75) is 57.4 Å². The third kappa shape index (κ3) is 5.95. The van der Waals surface area contributed by atoms with Crippen molar-refractivity contribution >= 4 is 24.3 Å². The summed E-state index contributed by atoms with van der Waals surface area (Å²) in [5.74, 6) is -0.239. The quantitative estimate of drug-likeness (QED) is 0.495. The number of amides is 1. The molecule has 2 N–H and O–H groups in total. The average molecular weight is 490 g/mol. The van der Waals surface area contributed by atoms with Crippen molar-refractivity contribution in [2.24, 2.45) is 5.73 Å². The zero-order chi connectivity index (χ0) is 23.5. The van der Waals surface area contributed by atoms with Gasteiger partial charge in [0.1, 0.15) is 18.0 Å². The Morgan fingerprint density at radius 1 is 1.12 bits per heavy atom. The van der Waals surface area contributed by atoms with E-state index in [2.05, 4.69) is 24.3 Å². The number of rotatable bonds is 6. The SMILES string of the molecule is Cc1ccc(CN2CCC(N3CC[C@@H](c4ccc(OC(=O)C(C)N)cc4)[C@H](F)C3)C2=O)cc1.Cl. The highest BCUT2D eigenvalue weighted by atomic mass is 35.5. The van der Waals surface area contributed by atoms with Gasteiger partial charge in [-0.25, -0.2) is 9.18 Å². The van der Waals surface area contributed by atoms with Crippen LogP contribution in [0.1, 0.15) is 42.4 Å². The summed E-state index contributed by atoms with van der Waals surface area (Å²) >= 11 is 0. The van der Waals surface area contributed by atoms with Crippen molar-refractivity contribution in [2.75, 3.05) is 19.6 Å². The van der Waals surface area contributed by atoms with Crippen molar-refractivity contribution in [3.63, 3.8) is 0 Å². The van der Waals surface area contributed by atoms with Gasteiger partial charge in [-0.1, -0.05) is 42.0 Å². The van der Waals surface area contributed by atoms with Crippen LogP contribution in [0.15, 0.2) is 48.5 Å². The molecule has 2 heterocycles. The van der Waals surface area contributed by atoms with E-state index in [1.165, 1.54) is 5.56 Å². The van der Waals surface area contributed by atoms with Gasteiger partial charge in [0.25, 0.3) is 0 Å². The molecule has 0 bridgehead atoms. The lowest BCUT2D eigenvalue weighted by atomic mass is 9.87. The van der Waals surface area contributed by atoms with Crippen molar-refractivity contribution < 1.29 is 18.7 Å². The molecule has 184 valence electrons. The zero-order valence-corrected chi connectivity index (χ0v) is 20.5. The first-order valence-corrected chi connectivity index (χ1v) is 11.6. The second-order valence-corrected chi connectivity index (χ2v) is 9.23. The molecule has 0 spiro atoms. The molecule has 0 radical (unpaired) electrons. The van der Waals surface area contributed by atoms with Crippen LogP contribution in [0, 0.1) is 6.92 Å². The summed E-state index contributed by atoms with van der Waals surface area (Å²) in [6.07, 6.45) is 0.319. The summed E-state index contributed by atoms with van der Waals surface area (Å²) in [7, 11) is 0. The van der Waals surface area contributed by atoms with Gasteiger partial charge in [0.05, 0.1) is 6.04 Å². The maximum atomic E-state index is 15.2. The molecule has 1 amide bonds. The monoisotopic (exact) mass is 489 g/mol. The molecular formula is C26H33ClFN3O3. The number of likely N-dealkylation sites (tertiary alicyclic amines) is 2. The van der Waals surface area contributed by atoms with Gasteiger partial charge >= 0.3 is 5.97 Å². The fraction of sp³-hybridized carbons (Fsp3) is 0.462. The largest absolute Gasteiger partial charge is 0.425 e. The van der Waals surface area contributed by atoms with E-state index >= 15 is 4.39 Å². The minimum Gasteiger partial charge on any atom is -0.425 e. The Kier molecular flexibility index (Phi) is 8.68. The van der Waals surface area contributed by atoms with Gasteiger partial charge in [-0.2, -0.15) is 0 Å². The number of benzene rings is 2. The normalized spacial score (nSPS) is 23.9. The number of piperidine rings is 1. The van der Waals surface area contributed by atoms with Crippen molar-refractivity contribution in [1.29, 1.82) is 0 Å². The Morgan fingerprint density at radius 3 is 2.41 bits per heavy atom. The minimum atomic E-state index is -1.06. The van der Waals surface area contributed by atoms with E-state index in [0.29, 0.717) is 31.8 Å². The second kappa shape index (κ2) is 11.3. The van der Waals surface area contributed by atoms with E-state index in [1.807, 2.05) is 16.7 Å². The fourth-order valence-electron chi connectivity index (χ4n) is 4.71. The van der Waals surface area contributed by atoms with Crippen LogP contribution in [0.5, 0.6) is 5.75 Å². The molecule has 2 unspecified atom stereocenters. The van der Waals surface area contributed by atoms with Gasteiger partial charge in [-0.05, 0) is 56.5 Å². The Balaban J connectivity index is 0.00000324. The second-order valence-electron chi connectivity index (χ2n) is 9.23. The number of alkyl halides is 1. The predicted molar refractivity (Wildman–Crippen MR) is 132 cm³/mol. The van der Waals surface area contributed by atoms with Gasteiger partial charge in [-0.3, -0.25) is 9.69 Å². The highest BCUT2D eigenvalue weighted by Crippen LogP contribution is 2.34. The van der Waals surface area contributed by atoms with Crippen LogP contribution in [0.25, 0.3) is 0 Å². The molecule has 34 heavy (non-hydrogen) atoms. The number of ether oxygens (including phenoxy) is 1. The number of nitrogens with zero attached hydrogens (tertiary/aromatic N) is 2. The topological polar surface area (TPSA) is 75.9 Å². The van der Waals surface area contributed by atoms with Crippen LogP contribution >= 0.6 is 12.4 Å². The Bertz CT molecular complexity index is 984. The summed E-state index contributed by atoms with van der Waals surface area (Å²) in [6.45, 7) is 5.85. The van der Waals surface area contributed by atoms with Crippen molar-refractivity contribution in [1.82, 2.24) is 9.80 Å². The molecular weight excluding hydrogens is 457 g/mol.